The fraction of sp³-hybridized carbons (Fsp3) is 0.226. The molecule has 4 N–H and O–H groups in total. The van der Waals surface area contributed by atoms with Gasteiger partial charge in [0.05, 0.1) is 28.8 Å². The van der Waals surface area contributed by atoms with Crippen LogP contribution in [0, 0.1) is 5.82 Å². The Morgan fingerprint density at radius 3 is 2.60 bits per heavy atom. The van der Waals surface area contributed by atoms with Gasteiger partial charge in [-0.2, -0.15) is 0 Å². The fourth-order valence-corrected chi connectivity index (χ4v) is 5.11. The summed E-state index contributed by atoms with van der Waals surface area (Å²) in [4.78, 5) is 28.8. The molecular formula is C31H29ClFN3O4. The van der Waals surface area contributed by atoms with Gasteiger partial charge < -0.3 is 25.5 Å². The Labute approximate surface area is 236 Å². The highest BCUT2D eigenvalue weighted by molar-refractivity contribution is 6.34. The number of aliphatic hydroxyl groups excluding tert-OH is 1. The van der Waals surface area contributed by atoms with Crippen LogP contribution in [0.2, 0.25) is 5.02 Å². The largest absolute Gasteiger partial charge is 0.482 e. The highest BCUT2D eigenvalue weighted by Crippen LogP contribution is 2.38. The number of carbonyl (C=O) groups is 2. The molecule has 0 saturated heterocycles. The van der Waals surface area contributed by atoms with Gasteiger partial charge in [-0.15, -0.1) is 0 Å². The van der Waals surface area contributed by atoms with Crippen LogP contribution in [-0.4, -0.2) is 47.2 Å². The van der Waals surface area contributed by atoms with Crippen molar-refractivity contribution >= 4 is 40.4 Å². The molecule has 2 amide bonds. The Bertz CT molecular complexity index is 1660. The second kappa shape index (κ2) is 10.8. The zero-order valence-corrected chi connectivity index (χ0v) is 23.0. The van der Waals surface area contributed by atoms with E-state index in [0.717, 1.165) is 16.5 Å². The maximum Gasteiger partial charge on any atom is 0.255 e. The SMILES string of the molecule is CNC(=O)c1ccc(-c2cc3c(c(C(=O)NC(CO)Cc4c[nH]c5cc(F)ccc45)c2)OC(C)(C)C=C3)cc1Cl. The van der Waals surface area contributed by atoms with Gasteiger partial charge in [0.1, 0.15) is 17.2 Å². The monoisotopic (exact) mass is 561 g/mol. The predicted molar refractivity (Wildman–Crippen MR) is 154 cm³/mol. The van der Waals surface area contributed by atoms with E-state index in [2.05, 4.69) is 15.6 Å². The first kappa shape index (κ1) is 27.4. The van der Waals surface area contributed by atoms with E-state index >= 15 is 0 Å². The maximum atomic E-state index is 13.7. The van der Waals surface area contributed by atoms with Crippen LogP contribution in [0.25, 0.3) is 28.1 Å². The number of amides is 2. The van der Waals surface area contributed by atoms with Crippen molar-refractivity contribution in [2.75, 3.05) is 13.7 Å². The number of ether oxygens (including phenoxy) is 1. The lowest BCUT2D eigenvalue weighted by molar-refractivity contribution is 0.0903. The number of H-pyrrole nitrogens is 1. The third kappa shape index (κ3) is 5.46. The summed E-state index contributed by atoms with van der Waals surface area (Å²) in [6, 6.07) is 12.6. The predicted octanol–water partition coefficient (Wildman–Crippen LogP) is 5.50. The minimum atomic E-state index is -0.627. The van der Waals surface area contributed by atoms with Crippen molar-refractivity contribution in [2.24, 2.45) is 0 Å². The van der Waals surface area contributed by atoms with Crippen LogP contribution in [0.3, 0.4) is 0 Å². The number of hydrogen-bond acceptors (Lipinski definition) is 4. The van der Waals surface area contributed by atoms with Gasteiger partial charge >= 0.3 is 0 Å². The molecule has 1 aliphatic rings. The first-order valence-electron chi connectivity index (χ1n) is 12.8. The van der Waals surface area contributed by atoms with E-state index in [4.69, 9.17) is 16.3 Å². The molecule has 0 aliphatic carbocycles. The third-order valence-electron chi connectivity index (χ3n) is 6.92. The molecule has 7 nitrogen and oxygen atoms in total. The summed E-state index contributed by atoms with van der Waals surface area (Å²) in [5, 5.41) is 16.7. The molecule has 1 atom stereocenters. The molecule has 9 heteroatoms. The molecule has 2 heterocycles. The van der Waals surface area contributed by atoms with E-state index in [-0.39, 0.29) is 23.4 Å². The number of halogens is 2. The average Bonchev–Trinajstić information content (AvgIpc) is 3.32. The lowest BCUT2D eigenvalue weighted by Gasteiger charge is -2.30. The molecule has 206 valence electrons. The first-order chi connectivity index (χ1) is 19.1. The third-order valence-corrected chi connectivity index (χ3v) is 7.23. The molecule has 1 aromatic heterocycles. The van der Waals surface area contributed by atoms with E-state index in [1.807, 2.05) is 32.1 Å². The van der Waals surface area contributed by atoms with Gasteiger partial charge in [0.2, 0.25) is 0 Å². The number of benzene rings is 3. The highest BCUT2D eigenvalue weighted by atomic mass is 35.5. The molecule has 0 fully saturated rings. The molecular weight excluding hydrogens is 533 g/mol. The zero-order valence-electron chi connectivity index (χ0n) is 22.3. The summed E-state index contributed by atoms with van der Waals surface area (Å²) in [6.45, 7) is 3.50. The summed E-state index contributed by atoms with van der Waals surface area (Å²) in [6.07, 6.45) is 5.91. The van der Waals surface area contributed by atoms with Gasteiger partial charge in [-0.1, -0.05) is 23.7 Å². The Morgan fingerprint density at radius 2 is 1.88 bits per heavy atom. The lowest BCUT2D eigenvalue weighted by atomic mass is 9.93. The molecule has 0 spiro atoms. The number of carbonyl (C=O) groups excluding carboxylic acids is 2. The van der Waals surface area contributed by atoms with E-state index in [1.165, 1.54) is 19.2 Å². The number of aliphatic hydroxyl groups is 1. The molecule has 0 saturated carbocycles. The van der Waals surface area contributed by atoms with Crippen LogP contribution in [0.5, 0.6) is 5.75 Å². The smallest absolute Gasteiger partial charge is 0.255 e. The molecule has 1 aliphatic heterocycles. The number of nitrogens with one attached hydrogen (secondary N) is 3. The Hall–Kier alpha value is -4.14. The molecule has 0 radical (unpaired) electrons. The van der Waals surface area contributed by atoms with E-state index < -0.39 is 17.6 Å². The molecule has 4 aromatic rings. The summed E-state index contributed by atoms with van der Waals surface area (Å²) in [5.41, 5.74) is 3.65. The van der Waals surface area contributed by atoms with Crippen molar-refractivity contribution < 1.29 is 23.8 Å². The zero-order chi connectivity index (χ0) is 28.6. The van der Waals surface area contributed by atoms with Crippen molar-refractivity contribution in [3.63, 3.8) is 0 Å². The number of hydrogen-bond donors (Lipinski definition) is 4. The van der Waals surface area contributed by atoms with Crippen molar-refractivity contribution in [3.8, 4) is 16.9 Å². The Morgan fingerprint density at radius 1 is 1.07 bits per heavy atom. The summed E-state index contributed by atoms with van der Waals surface area (Å²) < 4.78 is 19.8. The summed E-state index contributed by atoms with van der Waals surface area (Å²) in [5.74, 6) is -0.626. The molecule has 1 unspecified atom stereocenters. The molecule has 5 rings (SSSR count). The topological polar surface area (TPSA) is 103 Å². The number of aromatic amines is 1. The minimum absolute atomic E-state index is 0.285. The Kier molecular flexibility index (Phi) is 7.40. The van der Waals surface area contributed by atoms with E-state index in [9.17, 15) is 19.1 Å². The van der Waals surface area contributed by atoms with Crippen molar-refractivity contribution in [3.05, 3.63) is 93.9 Å². The Balaban J connectivity index is 1.49. The van der Waals surface area contributed by atoms with Gasteiger partial charge in [0.15, 0.2) is 0 Å². The molecule has 3 aromatic carbocycles. The minimum Gasteiger partial charge on any atom is -0.482 e. The first-order valence-corrected chi connectivity index (χ1v) is 13.2. The average molecular weight is 562 g/mol. The standard InChI is InChI=1S/C31H29ClFN3O4/c1-31(2)9-8-18-10-19(17-4-6-24(26(32)13-17)29(38)34-3)12-25(28(18)40-31)30(39)36-22(16-37)11-20-15-35-27-14-21(33)5-7-23(20)27/h4-10,12-15,22,35,37H,11,16H2,1-3H3,(H,34,38)(H,36,39). The van der Waals surface area contributed by atoms with Gasteiger partial charge in [-0.3, -0.25) is 9.59 Å². The normalized spacial score (nSPS) is 14.3. The van der Waals surface area contributed by atoms with Crippen LogP contribution >= 0.6 is 11.6 Å². The van der Waals surface area contributed by atoms with Crippen molar-refractivity contribution in [1.82, 2.24) is 15.6 Å². The number of aromatic nitrogens is 1. The van der Waals surface area contributed by atoms with Gasteiger partial charge in [0.25, 0.3) is 11.8 Å². The van der Waals surface area contributed by atoms with Gasteiger partial charge in [0, 0.05) is 29.7 Å². The van der Waals surface area contributed by atoms with Gasteiger partial charge in [-0.25, -0.2) is 4.39 Å². The van der Waals surface area contributed by atoms with Crippen LogP contribution < -0.4 is 15.4 Å². The number of fused-ring (bicyclic) bond motifs is 2. The lowest BCUT2D eigenvalue weighted by Crippen LogP contribution is -2.40. The molecule has 0 bridgehead atoms. The van der Waals surface area contributed by atoms with Crippen molar-refractivity contribution in [2.45, 2.75) is 31.9 Å². The highest BCUT2D eigenvalue weighted by Gasteiger charge is 2.28. The molecule has 40 heavy (non-hydrogen) atoms. The van der Waals surface area contributed by atoms with E-state index in [0.29, 0.717) is 39.9 Å². The van der Waals surface area contributed by atoms with Crippen LogP contribution in [0.15, 0.2) is 60.8 Å². The summed E-state index contributed by atoms with van der Waals surface area (Å²) in [7, 11) is 1.53. The van der Waals surface area contributed by atoms with Gasteiger partial charge in [-0.05, 0) is 85.5 Å². The summed E-state index contributed by atoms with van der Waals surface area (Å²) >= 11 is 6.41. The van der Waals surface area contributed by atoms with Crippen molar-refractivity contribution in [1.29, 1.82) is 0 Å². The maximum absolute atomic E-state index is 13.7. The van der Waals surface area contributed by atoms with E-state index in [1.54, 1.807) is 36.5 Å². The second-order valence-corrected chi connectivity index (χ2v) is 10.7. The fourth-order valence-electron chi connectivity index (χ4n) is 4.84. The quantitative estimate of drug-likeness (QED) is 0.239. The van der Waals surface area contributed by atoms with Crippen LogP contribution in [-0.2, 0) is 6.42 Å². The second-order valence-electron chi connectivity index (χ2n) is 10.3. The van der Waals surface area contributed by atoms with Crippen LogP contribution in [0.4, 0.5) is 4.39 Å². The number of rotatable bonds is 7. The van der Waals surface area contributed by atoms with Crippen LogP contribution in [0.1, 0.15) is 45.7 Å².